The van der Waals surface area contributed by atoms with Crippen molar-refractivity contribution in [2.75, 3.05) is 41.0 Å². The van der Waals surface area contributed by atoms with E-state index in [1.807, 2.05) is 30.4 Å². The Labute approximate surface area is 311 Å². The van der Waals surface area contributed by atoms with E-state index in [0.29, 0.717) is 12.8 Å². The quantitative estimate of drug-likeness (QED) is 0.0221. The first-order chi connectivity index (χ1) is 24.6. The summed E-state index contributed by atoms with van der Waals surface area (Å²) in [5.41, 5.74) is 0. The van der Waals surface area contributed by atoms with Crippen molar-refractivity contribution >= 4 is 17.9 Å². The number of hydrogen-bond acceptors (Lipinski definition) is 7. The predicted molar refractivity (Wildman–Crippen MR) is 208 cm³/mol. The number of unbranched alkanes of at least 4 members (excludes halogenated alkanes) is 10. The van der Waals surface area contributed by atoms with Gasteiger partial charge in [-0.05, 0) is 57.8 Å². The summed E-state index contributed by atoms with van der Waals surface area (Å²) in [4.78, 5) is 36.7. The lowest BCUT2D eigenvalue weighted by Gasteiger charge is -2.34. The summed E-state index contributed by atoms with van der Waals surface area (Å²) in [6.45, 7) is 4.34. The molecule has 0 saturated heterocycles. The molecule has 0 N–H and O–H groups in total. The van der Waals surface area contributed by atoms with Crippen molar-refractivity contribution in [2.45, 2.75) is 142 Å². The highest BCUT2D eigenvalue weighted by atomic mass is 16.6. The maximum atomic E-state index is 12.6. The number of carbonyl (C=O) groups excluding carboxylic acids is 3. The molecule has 0 rings (SSSR count). The Balaban J connectivity index is 4.48. The molecule has 0 bridgehead atoms. The average molecular weight is 714 g/mol. The molecule has 8 nitrogen and oxygen atoms in total. The van der Waals surface area contributed by atoms with Gasteiger partial charge in [0.2, 0.25) is 0 Å². The van der Waals surface area contributed by atoms with Crippen LogP contribution in [0.25, 0.3) is 0 Å². The molecule has 0 heterocycles. The van der Waals surface area contributed by atoms with Crippen LogP contribution >= 0.6 is 0 Å². The number of nitrogens with zero attached hydrogens (tertiary/aromatic N) is 1. The zero-order valence-corrected chi connectivity index (χ0v) is 32.7. The summed E-state index contributed by atoms with van der Waals surface area (Å²) in [6, 6.07) is -0.734. The molecule has 0 amide bonds. The molecule has 51 heavy (non-hydrogen) atoms. The molecule has 0 fully saturated rings. The average Bonchev–Trinajstić information content (AvgIpc) is 3.08. The van der Waals surface area contributed by atoms with Gasteiger partial charge in [-0.1, -0.05) is 125 Å². The Kier molecular flexibility index (Phi) is 31.7. The van der Waals surface area contributed by atoms with Gasteiger partial charge in [0.15, 0.2) is 6.10 Å². The monoisotopic (exact) mass is 714 g/mol. The van der Waals surface area contributed by atoms with Crippen LogP contribution in [0.1, 0.15) is 129 Å². The maximum Gasteiger partial charge on any atom is 0.306 e. The number of carboxylic acids is 1. The summed E-state index contributed by atoms with van der Waals surface area (Å²) in [7, 11) is 5.37. The van der Waals surface area contributed by atoms with E-state index in [-0.39, 0.29) is 42.7 Å². The number of esters is 2. The molecule has 8 heteroatoms. The van der Waals surface area contributed by atoms with Crippen LogP contribution in [-0.2, 0) is 28.6 Å². The number of likely N-dealkylation sites (N-methyl/N-ethyl adjacent to an activating group) is 1. The predicted octanol–water partition coefficient (Wildman–Crippen LogP) is 8.68. The van der Waals surface area contributed by atoms with Crippen LogP contribution in [0.15, 0.2) is 72.9 Å². The third kappa shape index (κ3) is 32.4. The van der Waals surface area contributed by atoms with Crippen molar-refractivity contribution in [1.82, 2.24) is 0 Å². The Hall–Kier alpha value is -3.23. The van der Waals surface area contributed by atoms with E-state index in [2.05, 4.69) is 56.4 Å². The number of ether oxygens (including phenoxy) is 3. The van der Waals surface area contributed by atoms with Crippen molar-refractivity contribution in [1.29, 1.82) is 0 Å². The van der Waals surface area contributed by atoms with Gasteiger partial charge < -0.3 is 28.6 Å². The molecule has 0 aromatic rings. The second-order valence-electron chi connectivity index (χ2n) is 13.8. The highest BCUT2D eigenvalue weighted by Crippen LogP contribution is 2.12. The molecule has 0 aliphatic rings. The molecule has 0 saturated carbocycles. The van der Waals surface area contributed by atoms with Crippen LogP contribution in [-0.4, -0.2) is 75.5 Å². The summed E-state index contributed by atoms with van der Waals surface area (Å²) < 4.78 is 17.1. The lowest BCUT2D eigenvalue weighted by Crippen LogP contribution is -2.55. The van der Waals surface area contributed by atoms with E-state index in [4.69, 9.17) is 14.2 Å². The number of hydrogen-bond donors (Lipinski definition) is 0. The van der Waals surface area contributed by atoms with E-state index >= 15 is 0 Å². The van der Waals surface area contributed by atoms with Gasteiger partial charge >= 0.3 is 11.9 Å². The highest BCUT2D eigenvalue weighted by Gasteiger charge is 2.25. The third-order valence-corrected chi connectivity index (χ3v) is 8.18. The second kappa shape index (κ2) is 33.9. The van der Waals surface area contributed by atoms with E-state index in [0.717, 1.165) is 96.3 Å². The molecule has 0 aliphatic carbocycles. The topological polar surface area (TPSA) is 102 Å². The first kappa shape index (κ1) is 47.8. The number of rotatable bonds is 33. The first-order valence-electron chi connectivity index (χ1n) is 19.5. The smallest absolute Gasteiger partial charge is 0.306 e. The van der Waals surface area contributed by atoms with Gasteiger partial charge in [0.05, 0.1) is 40.3 Å². The SMILES string of the molecule is CC/C=C/C=C/C=C/C=C/CCCCCCCC(=O)OCC(COCCC(C(=O)[O-])[N+](C)(C)C)OC(=O)CCCCCCC/C=C/C/C=C/CC. The van der Waals surface area contributed by atoms with E-state index < -0.39 is 18.1 Å². The molecule has 290 valence electrons. The van der Waals surface area contributed by atoms with E-state index in [9.17, 15) is 19.5 Å². The van der Waals surface area contributed by atoms with Crippen LogP contribution in [0.3, 0.4) is 0 Å². The van der Waals surface area contributed by atoms with Crippen molar-refractivity contribution in [2.24, 2.45) is 0 Å². The lowest BCUT2D eigenvalue weighted by molar-refractivity contribution is -0.889. The molecule has 0 spiro atoms. The van der Waals surface area contributed by atoms with Gasteiger partial charge in [-0.25, -0.2) is 0 Å². The van der Waals surface area contributed by atoms with E-state index in [1.54, 1.807) is 21.1 Å². The van der Waals surface area contributed by atoms with Crippen LogP contribution in [0, 0.1) is 0 Å². The Morgan fingerprint density at radius 1 is 0.608 bits per heavy atom. The molecule has 0 aromatic heterocycles. The third-order valence-electron chi connectivity index (χ3n) is 8.18. The van der Waals surface area contributed by atoms with Crippen molar-refractivity contribution in [3.8, 4) is 0 Å². The first-order valence-corrected chi connectivity index (χ1v) is 19.5. The molecular formula is C43H71NO7. The summed E-state index contributed by atoms with van der Waals surface area (Å²) in [5.74, 6) is -1.80. The fourth-order valence-electron chi connectivity index (χ4n) is 5.18. The van der Waals surface area contributed by atoms with E-state index in [1.165, 1.54) is 0 Å². The standard InChI is InChI=1S/C43H71NO7/c1-6-8-10-12-14-16-18-20-21-22-24-25-27-29-31-33-41(45)50-38-39(37-49-36-35-40(43(47)48)44(3,4)5)51-42(46)34-32-30-28-26-23-19-17-15-13-11-9-7-2/h8-12,14-18,20-21,39-40H,6-7,13,19,22-38H2,1-5H3/b10-8+,11-9+,14-12+,17-15+,18-16+,21-20+. The summed E-state index contributed by atoms with van der Waals surface area (Å²) in [6.07, 6.45) is 40.7. The van der Waals surface area contributed by atoms with Crippen LogP contribution in [0.4, 0.5) is 0 Å². The molecule has 0 aromatic carbocycles. The number of carboxylic acid groups (broad SMARTS) is 1. The Morgan fingerprint density at radius 3 is 1.75 bits per heavy atom. The molecule has 0 aliphatic heterocycles. The Morgan fingerprint density at radius 2 is 1.14 bits per heavy atom. The van der Waals surface area contributed by atoms with Gasteiger partial charge in [0.25, 0.3) is 0 Å². The van der Waals surface area contributed by atoms with Gasteiger partial charge in [-0.3, -0.25) is 9.59 Å². The Bertz CT molecular complexity index is 1060. The molecule has 0 radical (unpaired) electrons. The zero-order valence-electron chi connectivity index (χ0n) is 32.7. The summed E-state index contributed by atoms with van der Waals surface area (Å²) in [5, 5.41) is 11.6. The molecular weight excluding hydrogens is 642 g/mol. The van der Waals surface area contributed by atoms with Crippen LogP contribution in [0.5, 0.6) is 0 Å². The number of carbonyl (C=O) groups is 3. The van der Waals surface area contributed by atoms with Crippen molar-refractivity contribution in [3.05, 3.63) is 72.9 Å². The largest absolute Gasteiger partial charge is 0.544 e. The van der Waals surface area contributed by atoms with Crippen LogP contribution in [0.2, 0.25) is 0 Å². The minimum absolute atomic E-state index is 0.0227. The van der Waals surface area contributed by atoms with Gasteiger partial charge in [-0.2, -0.15) is 0 Å². The minimum atomic E-state index is -1.14. The molecule has 2 atom stereocenters. The fourth-order valence-corrected chi connectivity index (χ4v) is 5.18. The number of aliphatic carboxylic acids is 1. The minimum Gasteiger partial charge on any atom is -0.544 e. The van der Waals surface area contributed by atoms with Crippen molar-refractivity contribution < 1.29 is 38.2 Å². The summed E-state index contributed by atoms with van der Waals surface area (Å²) >= 11 is 0. The maximum absolute atomic E-state index is 12.6. The number of allylic oxidation sites excluding steroid dienone is 12. The fraction of sp³-hybridized carbons (Fsp3) is 0.651. The van der Waals surface area contributed by atoms with Gasteiger partial charge in [-0.15, -0.1) is 0 Å². The molecule has 2 unspecified atom stereocenters. The lowest BCUT2D eigenvalue weighted by atomic mass is 10.1. The normalized spacial score (nSPS) is 13.8. The van der Waals surface area contributed by atoms with Gasteiger partial charge in [0.1, 0.15) is 12.6 Å². The van der Waals surface area contributed by atoms with Crippen LogP contribution < -0.4 is 5.11 Å². The van der Waals surface area contributed by atoms with Gasteiger partial charge in [0, 0.05) is 19.3 Å². The number of quaternary nitrogens is 1. The zero-order chi connectivity index (χ0) is 37.8. The highest BCUT2D eigenvalue weighted by molar-refractivity contribution is 5.70. The van der Waals surface area contributed by atoms with Crippen molar-refractivity contribution in [3.63, 3.8) is 0 Å². The second-order valence-corrected chi connectivity index (χ2v) is 13.8.